The third-order valence-corrected chi connectivity index (χ3v) is 2.96. The molecule has 0 radical (unpaired) electrons. The van der Waals surface area contributed by atoms with E-state index in [0.29, 0.717) is 17.1 Å². The summed E-state index contributed by atoms with van der Waals surface area (Å²) < 4.78 is 5.10. The Morgan fingerprint density at radius 2 is 1.92 bits per heavy atom. The summed E-state index contributed by atoms with van der Waals surface area (Å²) in [7, 11) is 0. The van der Waals surface area contributed by atoms with Gasteiger partial charge >= 0.3 is 0 Å². The van der Waals surface area contributed by atoms with Crippen LogP contribution < -0.4 is 16.0 Å². The smallest absolute Gasteiger partial charge is 0.263 e. The molecule has 3 N–H and O–H groups in total. The summed E-state index contributed by atoms with van der Waals surface area (Å²) in [6.07, 6.45) is 2.83. The highest BCUT2D eigenvalue weighted by atomic mass is 16.3. The zero-order valence-electron chi connectivity index (χ0n) is 13.0. The van der Waals surface area contributed by atoms with Crippen molar-refractivity contribution in [3.8, 4) is 6.07 Å². The van der Waals surface area contributed by atoms with Gasteiger partial charge in [0.05, 0.1) is 12.8 Å². The third-order valence-electron chi connectivity index (χ3n) is 2.96. The molecule has 0 aliphatic rings. The molecule has 1 heterocycles. The predicted octanol–water partition coefficient (Wildman–Crippen LogP) is 2.37. The van der Waals surface area contributed by atoms with Gasteiger partial charge in [-0.2, -0.15) is 5.26 Å². The molecule has 0 aliphatic carbocycles. The van der Waals surface area contributed by atoms with E-state index in [0.717, 1.165) is 0 Å². The number of hydrogen-bond acceptors (Lipinski definition) is 5. The van der Waals surface area contributed by atoms with Crippen molar-refractivity contribution >= 4 is 23.2 Å². The molecule has 7 nitrogen and oxygen atoms in total. The largest absolute Gasteiger partial charge is 0.467 e. The highest BCUT2D eigenvalue weighted by molar-refractivity contribution is 5.97. The van der Waals surface area contributed by atoms with Gasteiger partial charge in [0, 0.05) is 24.5 Å². The summed E-state index contributed by atoms with van der Waals surface area (Å²) in [6, 6.07) is 12.1. The Hall–Kier alpha value is -3.53. The quantitative estimate of drug-likeness (QED) is 0.558. The highest BCUT2D eigenvalue weighted by Crippen LogP contribution is 2.13. The van der Waals surface area contributed by atoms with Gasteiger partial charge < -0.3 is 20.4 Å². The molecule has 0 saturated heterocycles. The summed E-state index contributed by atoms with van der Waals surface area (Å²) >= 11 is 0. The monoisotopic (exact) mass is 324 g/mol. The fourth-order valence-electron chi connectivity index (χ4n) is 1.83. The van der Waals surface area contributed by atoms with Crippen molar-refractivity contribution < 1.29 is 14.0 Å². The van der Waals surface area contributed by atoms with Gasteiger partial charge in [0.1, 0.15) is 17.4 Å². The normalized spacial score (nSPS) is 10.6. The topological polar surface area (TPSA) is 107 Å². The average Bonchev–Trinajstić information content (AvgIpc) is 3.08. The molecule has 1 aromatic heterocycles. The van der Waals surface area contributed by atoms with Crippen LogP contribution in [-0.4, -0.2) is 11.8 Å². The lowest BCUT2D eigenvalue weighted by molar-refractivity contribution is -0.117. The van der Waals surface area contributed by atoms with Crippen LogP contribution in [0.1, 0.15) is 12.7 Å². The Morgan fingerprint density at radius 3 is 2.50 bits per heavy atom. The van der Waals surface area contributed by atoms with Gasteiger partial charge in [0.25, 0.3) is 5.91 Å². The third kappa shape index (κ3) is 5.03. The minimum atomic E-state index is -0.503. The zero-order valence-corrected chi connectivity index (χ0v) is 13.0. The maximum absolute atomic E-state index is 11.9. The van der Waals surface area contributed by atoms with Crippen LogP contribution in [0.25, 0.3) is 0 Å². The van der Waals surface area contributed by atoms with Gasteiger partial charge in [-0.05, 0) is 36.4 Å². The predicted molar refractivity (Wildman–Crippen MR) is 88.6 cm³/mol. The molecule has 122 valence electrons. The number of carbonyl (C=O) groups is 2. The summed E-state index contributed by atoms with van der Waals surface area (Å²) in [5.41, 5.74) is 1.27. The Balaban J connectivity index is 1.93. The molecule has 0 atom stereocenters. The van der Waals surface area contributed by atoms with Crippen LogP contribution in [0.5, 0.6) is 0 Å². The van der Waals surface area contributed by atoms with Crippen molar-refractivity contribution in [1.82, 2.24) is 5.32 Å². The number of amides is 2. The number of anilines is 2. The van der Waals surface area contributed by atoms with Crippen LogP contribution in [-0.2, 0) is 16.1 Å². The van der Waals surface area contributed by atoms with Crippen LogP contribution in [0.4, 0.5) is 11.4 Å². The van der Waals surface area contributed by atoms with Crippen LogP contribution in [0.2, 0.25) is 0 Å². The Bertz CT molecular complexity index is 771. The van der Waals surface area contributed by atoms with E-state index in [2.05, 4.69) is 16.0 Å². The lowest BCUT2D eigenvalue weighted by Crippen LogP contribution is -2.24. The van der Waals surface area contributed by atoms with E-state index in [1.54, 1.807) is 36.4 Å². The summed E-state index contributed by atoms with van der Waals surface area (Å²) in [4.78, 5) is 22.9. The SMILES string of the molecule is CC(=O)Nc1ccc(NC=C(C#N)C(=O)NCc2ccco2)cc1. The van der Waals surface area contributed by atoms with E-state index in [-0.39, 0.29) is 18.0 Å². The molecule has 0 spiro atoms. The Labute approximate surface area is 139 Å². The number of nitriles is 1. The van der Waals surface area contributed by atoms with E-state index in [9.17, 15) is 9.59 Å². The molecule has 0 unspecified atom stereocenters. The second-order valence-corrected chi connectivity index (χ2v) is 4.83. The van der Waals surface area contributed by atoms with E-state index in [1.165, 1.54) is 19.4 Å². The molecule has 2 rings (SSSR count). The standard InChI is InChI=1S/C17H16N4O3/c1-12(22)21-15-6-4-14(5-7-15)19-10-13(9-18)17(23)20-11-16-3-2-8-24-16/h2-8,10,19H,11H2,1H3,(H,20,23)(H,21,22). The van der Waals surface area contributed by atoms with Crippen molar-refractivity contribution in [1.29, 1.82) is 5.26 Å². The van der Waals surface area contributed by atoms with Crippen molar-refractivity contribution in [3.05, 3.63) is 60.2 Å². The molecule has 0 bridgehead atoms. The number of nitrogens with one attached hydrogen (secondary N) is 3. The average molecular weight is 324 g/mol. The van der Waals surface area contributed by atoms with Gasteiger partial charge in [-0.1, -0.05) is 0 Å². The molecule has 2 aromatic rings. The molecule has 1 aromatic carbocycles. The molecular formula is C17H16N4O3. The number of rotatable bonds is 6. The van der Waals surface area contributed by atoms with E-state index < -0.39 is 5.91 Å². The van der Waals surface area contributed by atoms with Gasteiger partial charge in [-0.15, -0.1) is 0 Å². The first-order chi connectivity index (χ1) is 11.6. The lowest BCUT2D eigenvalue weighted by Gasteiger charge is -2.06. The molecule has 2 amide bonds. The first-order valence-electron chi connectivity index (χ1n) is 7.13. The summed E-state index contributed by atoms with van der Waals surface area (Å²) in [6.45, 7) is 1.63. The van der Waals surface area contributed by atoms with Gasteiger partial charge in [0.15, 0.2) is 0 Å². The minimum Gasteiger partial charge on any atom is -0.467 e. The molecule has 0 saturated carbocycles. The summed E-state index contributed by atoms with van der Waals surface area (Å²) in [5.74, 6) is -0.0611. The molecule has 0 aliphatic heterocycles. The summed E-state index contributed by atoms with van der Waals surface area (Å²) in [5, 5.41) is 17.2. The zero-order chi connectivity index (χ0) is 17.4. The van der Waals surface area contributed by atoms with Crippen LogP contribution in [0.15, 0.2) is 58.9 Å². The fourth-order valence-corrected chi connectivity index (χ4v) is 1.83. The van der Waals surface area contributed by atoms with Crippen molar-refractivity contribution in [3.63, 3.8) is 0 Å². The van der Waals surface area contributed by atoms with Crippen LogP contribution >= 0.6 is 0 Å². The first kappa shape index (κ1) is 16.8. The maximum Gasteiger partial charge on any atom is 0.263 e. The number of furan rings is 1. The highest BCUT2D eigenvalue weighted by Gasteiger charge is 2.09. The Kier molecular flexibility index (Phi) is 5.75. The number of hydrogen-bond donors (Lipinski definition) is 3. The van der Waals surface area contributed by atoms with Crippen LogP contribution in [0, 0.1) is 11.3 Å². The number of benzene rings is 1. The number of carbonyl (C=O) groups excluding carboxylic acids is 2. The van der Waals surface area contributed by atoms with Gasteiger partial charge in [-0.3, -0.25) is 9.59 Å². The second-order valence-electron chi connectivity index (χ2n) is 4.83. The molecule has 7 heteroatoms. The second kappa shape index (κ2) is 8.19. The number of nitrogens with zero attached hydrogens (tertiary/aromatic N) is 1. The van der Waals surface area contributed by atoms with Crippen LogP contribution in [0.3, 0.4) is 0 Å². The maximum atomic E-state index is 11.9. The molecule has 24 heavy (non-hydrogen) atoms. The fraction of sp³-hybridized carbons (Fsp3) is 0.118. The van der Waals surface area contributed by atoms with Gasteiger partial charge in [-0.25, -0.2) is 0 Å². The van der Waals surface area contributed by atoms with E-state index in [1.807, 2.05) is 6.07 Å². The van der Waals surface area contributed by atoms with Crippen molar-refractivity contribution in [2.24, 2.45) is 0 Å². The minimum absolute atomic E-state index is 0.0625. The molecular weight excluding hydrogens is 308 g/mol. The van der Waals surface area contributed by atoms with E-state index in [4.69, 9.17) is 9.68 Å². The molecule has 0 fully saturated rings. The first-order valence-corrected chi connectivity index (χ1v) is 7.13. The van der Waals surface area contributed by atoms with E-state index >= 15 is 0 Å². The Morgan fingerprint density at radius 1 is 1.21 bits per heavy atom. The van der Waals surface area contributed by atoms with Crippen molar-refractivity contribution in [2.75, 3.05) is 10.6 Å². The van der Waals surface area contributed by atoms with Gasteiger partial charge in [0.2, 0.25) is 5.91 Å². The lowest BCUT2D eigenvalue weighted by atomic mass is 10.2. The van der Waals surface area contributed by atoms with Crippen molar-refractivity contribution in [2.45, 2.75) is 13.5 Å².